The molecular weight excluding hydrogens is 663 g/mol. The molecule has 0 saturated heterocycles. The fraction of sp³-hybridized carbons (Fsp3) is 0.940. The van der Waals surface area contributed by atoms with Crippen molar-refractivity contribution in [3.8, 4) is 0 Å². The van der Waals surface area contributed by atoms with Crippen LogP contribution in [0.1, 0.15) is 284 Å². The zero-order valence-electron chi connectivity index (χ0n) is 37.0. The molecule has 0 fully saturated rings. The highest BCUT2D eigenvalue weighted by Gasteiger charge is 2.20. The number of amides is 1. The average molecular weight is 762 g/mol. The predicted molar refractivity (Wildman–Crippen MR) is 239 cm³/mol. The van der Waals surface area contributed by atoms with Crippen LogP contribution in [-0.4, -0.2) is 34.9 Å². The molecule has 0 aromatic carbocycles. The lowest BCUT2D eigenvalue weighted by Crippen LogP contribution is -2.45. The summed E-state index contributed by atoms with van der Waals surface area (Å²) in [5, 5.41) is 23.1. The predicted octanol–water partition coefficient (Wildman–Crippen LogP) is 15.8. The number of carbonyl (C=O) groups is 1. The van der Waals surface area contributed by atoms with Crippen LogP contribution in [0.25, 0.3) is 0 Å². The number of allylic oxidation sites excluding steroid dienone is 2. The minimum atomic E-state index is -0.653. The second-order valence-corrected chi connectivity index (χ2v) is 17.2. The standard InChI is InChI=1S/C50H99NO3/c1-3-5-7-9-11-13-15-16-17-18-19-20-21-22-23-24-25-26-27-28-29-30-31-32-33-34-35-36-38-40-42-44-46-50(54)51-48(47-52)49(53)45-43-41-39-37-14-12-10-8-6-4-2/h22-23,48-49,52-53H,3-21,24-47H2,1-2H3,(H,51,54)/b23-22-. The van der Waals surface area contributed by atoms with Crippen molar-refractivity contribution in [3.05, 3.63) is 12.2 Å². The molecular formula is C50H99NO3. The highest BCUT2D eigenvalue weighted by Crippen LogP contribution is 2.17. The summed E-state index contributed by atoms with van der Waals surface area (Å²) >= 11 is 0. The normalized spacial score (nSPS) is 12.9. The Hall–Kier alpha value is -0.870. The summed E-state index contributed by atoms with van der Waals surface area (Å²) in [6.07, 6.45) is 59.0. The third-order valence-electron chi connectivity index (χ3n) is 11.8. The Balaban J connectivity index is 3.37. The van der Waals surface area contributed by atoms with E-state index in [-0.39, 0.29) is 12.5 Å². The van der Waals surface area contributed by atoms with Crippen molar-refractivity contribution < 1.29 is 15.0 Å². The van der Waals surface area contributed by atoms with Crippen LogP contribution in [0, 0.1) is 0 Å². The van der Waals surface area contributed by atoms with Crippen LogP contribution in [0.5, 0.6) is 0 Å². The van der Waals surface area contributed by atoms with Gasteiger partial charge in [0.2, 0.25) is 5.91 Å². The van der Waals surface area contributed by atoms with Crippen molar-refractivity contribution in [3.63, 3.8) is 0 Å². The average Bonchev–Trinajstić information content (AvgIpc) is 3.18. The van der Waals surface area contributed by atoms with E-state index in [1.165, 1.54) is 231 Å². The van der Waals surface area contributed by atoms with Crippen molar-refractivity contribution in [2.24, 2.45) is 0 Å². The number of aliphatic hydroxyl groups excluding tert-OH is 2. The van der Waals surface area contributed by atoms with Crippen LogP contribution >= 0.6 is 0 Å². The highest BCUT2D eigenvalue weighted by atomic mass is 16.3. The van der Waals surface area contributed by atoms with E-state index >= 15 is 0 Å². The van der Waals surface area contributed by atoms with E-state index in [1.807, 2.05) is 0 Å². The van der Waals surface area contributed by atoms with Gasteiger partial charge in [-0.1, -0.05) is 251 Å². The Morgan fingerprint density at radius 1 is 0.426 bits per heavy atom. The van der Waals surface area contributed by atoms with Crippen molar-refractivity contribution in [2.75, 3.05) is 6.61 Å². The molecule has 0 heterocycles. The molecule has 0 aliphatic rings. The van der Waals surface area contributed by atoms with Gasteiger partial charge >= 0.3 is 0 Å². The summed E-state index contributed by atoms with van der Waals surface area (Å²) in [6, 6.07) is -0.530. The molecule has 4 heteroatoms. The molecule has 0 aliphatic heterocycles. The number of aliphatic hydroxyl groups is 2. The molecule has 1 amide bonds. The number of hydrogen-bond donors (Lipinski definition) is 3. The monoisotopic (exact) mass is 762 g/mol. The molecule has 2 unspecified atom stereocenters. The lowest BCUT2D eigenvalue weighted by molar-refractivity contribution is -0.123. The fourth-order valence-electron chi connectivity index (χ4n) is 7.95. The quantitative estimate of drug-likeness (QED) is 0.0427. The first kappa shape index (κ1) is 53.1. The SMILES string of the molecule is CCCCCCCCCCCCCC/C=C\CCCCCCCCCCCCCCCCCCC(=O)NC(CO)C(O)CCCCCCCCCCCC. The van der Waals surface area contributed by atoms with Crippen LogP contribution in [0.2, 0.25) is 0 Å². The maximum absolute atomic E-state index is 12.4. The van der Waals surface area contributed by atoms with Crippen molar-refractivity contribution >= 4 is 5.91 Å². The maximum atomic E-state index is 12.4. The smallest absolute Gasteiger partial charge is 0.220 e. The number of carbonyl (C=O) groups excluding carboxylic acids is 1. The molecule has 0 bridgehead atoms. The first-order valence-electron chi connectivity index (χ1n) is 24.9. The second kappa shape index (κ2) is 46.5. The molecule has 3 N–H and O–H groups in total. The van der Waals surface area contributed by atoms with Gasteiger partial charge in [-0.2, -0.15) is 0 Å². The van der Waals surface area contributed by atoms with Gasteiger partial charge in [0.15, 0.2) is 0 Å². The van der Waals surface area contributed by atoms with E-state index in [9.17, 15) is 15.0 Å². The van der Waals surface area contributed by atoms with E-state index in [2.05, 4.69) is 31.3 Å². The zero-order chi connectivity index (χ0) is 39.3. The topological polar surface area (TPSA) is 69.6 Å². The summed E-state index contributed by atoms with van der Waals surface area (Å²) in [5.74, 6) is -0.0285. The Kier molecular flexibility index (Phi) is 45.8. The molecule has 0 saturated carbocycles. The zero-order valence-corrected chi connectivity index (χ0v) is 37.0. The number of nitrogens with one attached hydrogen (secondary N) is 1. The van der Waals surface area contributed by atoms with Crippen LogP contribution in [-0.2, 0) is 4.79 Å². The van der Waals surface area contributed by atoms with Crippen LogP contribution < -0.4 is 5.32 Å². The lowest BCUT2D eigenvalue weighted by Gasteiger charge is -2.22. The maximum Gasteiger partial charge on any atom is 0.220 e. The largest absolute Gasteiger partial charge is 0.394 e. The Bertz CT molecular complexity index is 739. The molecule has 4 nitrogen and oxygen atoms in total. The van der Waals surface area contributed by atoms with Crippen LogP contribution in [0.4, 0.5) is 0 Å². The van der Waals surface area contributed by atoms with E-state index < -0.39 is 12.1 Å². The van der Waals surface area contributed by atoms with E-state index in [0.29, 0.717) is 12.8 Å². The molecule has 2 atom stereocenters. The third-order valence-corrected chi connectivity index (χ3v) is 11.8. The van der Waals surface area contributed by atoms with E-state index in [0.717, 1.165) is 25.7 Å². The van der Waals surface area contributed by atoms with Gasteiger partial charge in [-0.05, 0) is 38.5 Å². The summed E-state index contributed by atoms with van der Waals surface area (Å²) in [6.45, 7) is 4.36. The first-order chi connectivity index (χ1) is 26.7. The third kappa shape index (κ3) is 42.3. The van der Waals surface area contributed by atoms with Gasteiger partial charge < -0.3 is 15.5 Å². The molecule has 322 valence electrons. The van der Waals surface area contributed by atoms with Crippen molar-refractivity contribution in [1.29, 1.82) is 0 Å². The molecule has 54 heavy (non-hydrogen) atoms. The Morgan fingerprint density at radius 3 is 1.02 bits per heavy atom. The summed E-state index contributed by atoms with van der Waals surface area (Å²) < 4.78 is 0. The molecule has 0 aliphatic carbocycles. The van der Waals surface area contributed by atoms with Gasteiger partial charge in [-0.15, -0.1) is 0 Å². The van der Waals surface area contributed by atoms with Gasteiger partial charge in [0.05, 0.1) is 18.8 Å². The van der Waals surface area contributed by atoms with Crippen LogP contribution in [0.15, 0.2) is 12.2 Å². The van der Waals surface area contributed by atoms with E-state index in [1.54, 1.807) is 0 Å². The van der Waals surface area contributed by atoms with Gasteiger partial charge in [0.1, 0.15) is 0 Å². The molecule has 0 aromatic rings. The van der Waals surface area contributed by atoms with Gasteiger partial charge in [0, 0.05) is 6.42 Å². The van der Waals surface area contributed by atoms with E-state index in [4.69, 9.17) is 0 Å². The Labute approximate surface area is 339 Å². The van der Waals surface area contributed by atoms with Crippen molar-refractivity contribution in [1.82, 2.24) is 5.32 Å². The van der Waals surface area contributed by atoms with Gasteiger partial charge in [-0.25, -0.2) is 0 Å². The van der Waals surface area contributed by atoms with Crippen LogP contribution in [0.3, 0.4) is 0 Å². The number of hydrogen-bond acceptors (Lipinski definition) is 3. The number of rotatable bonds is 46. The minimum Gasteiger partial charge on any atom is -0.394 e. The second-order valence-electron chi connectivity index (χ2n) is 17.2. The fourth-order valence-corrected chi connectivity index (χ4v) is 7.95. The summed E-state index contributed by atoms with van der Waals surface area (Å²) in [7, 11) is 0. The molecule has 0 radical (unpaired) electrons. The van der Waals surface area contributed by atoms with Gasteiger partial charge in [0.25, 0.3) is 0 Å². The highest BCUT2D eigenvalue weighted by molar-refractivity contribution is 5.76. The minimum absolute atomic E-state index is 0.0285. The summed E-state index contributed by atoms with van der Waals surface area (Å²) in [4.78, 5) is 12.4. The Morgan fingerprint density at radius 2 is 0.704 bits per heavy atom. The molecule has 0 rings (SSSR count). The lowest BCUT2D eigenvalue weighted by atomic mass is 10.0. The number of unbranched alkanes of at least 4 members (excludes halogenated alkanes) is 37. The van der Waals surface area contributed by atoms with Crippen molar-refractivity contribution in [2.45, 2.75) is 296 Å². The molecule has 0 aromatic heterocycles. The molecule has 0 spiro atoms. The summed E-state index contributed by atoms with van der Waals surface area (Å²) in [5.41, 5.74) is 0. The van der Waals surface area contributed by atoms with Gasteiger partial charge in [-0.3, -0.25) is 4.79 Å². The first-order valence-corrected chi connectivity index (χ1v) is 24.9.